The lowest BCUT2D eigenvalue weighted by molar-refractivity contribution is 0.232. The van der Waals surface area contributed by atoms with Gasteiger partial charge >= 0.3 is 0 Å². The Balaban J connectivity index is 0.00000261. The molecule has 0 saturated carbocycles. The fourth-order valence-corrected chi connectivity index (χ4v) is 3.35. The van der Waals surface area contributed by atoms with Gasteiger partial charge in [-0.25, -0.2) is 4.98 Å². The van der Waals surface area contributed by atoms with Crippen LogP contribution in [-0.2, 0) is 13.1 Å². The van der Waals surface area contributed by atoms with Crippen LogP contribution in [0.2, 0.25) is 0 Å². The second kappa shape index (κ2) is 12.0. The third-order valence-electron chi connectivity index (χ3n) is 4.77. The number of hydrogen-bond donors (Lipinski definition) is 2. The molecule has 1 saturated heterocycles. The lowest BCUT2D eigenvalue weighted by Crippen LogP contribution is -2.42. The maximum absolute atomic E-state index is 4.33. The zero-order valence-corrected chi connectivity index (χ0v) is 18.4. The summed E-state index contributed by atoms with van der Waals surface area (Å²) in [5.41, 5.74) is 2.52. The number of piperidine rings is 1. The van der Waals surface area contributed by atoms with Gasteiger partial charge in [0.25, 0.3) is 0 Å². The van der Waals surface area contributed by atoms with Gasteiger partial charge in [-0.2, -0.15) is 0 Å². The summed E-state index contributed by atoms with van der Waals surface area (Å²) in [6.45, 7) is 6.09. The summed E-state index contributed by atoms with van der Waals surface area (Å²) in [5.74, 6) is 0.863. The molecule has 1 aromatic heterocycles. The minimum absolute atomic E-state index is 0. The first-order valence-corrected chi connectivity index (χ1v) is 9.54. The van der Waals surface area contributed by atoms with Gasteiger partial charge < -0.3 is 20.1 Å². The van der Waals surface area contributed by atoms with Crippen molar-refractivity contribution in [2.75, 3.05) is 33.2 Å². The fourth-order valence-electron chi connectivity index (χ4n) is 3.35. The molecule has 0 bridgehead atoms. The number of aromatic nitrogens is 2. The molecular formula is C20H31IN6. The first kappa shape index (κ1) is 21.7. The third kappa shape index (κ3) is 7.50. The second-order valence-corrected chi connectivity index (χ2v) is 6.81. The summed E-state index contributed by atoms with van der Waals surface area (Å²) in [7, 11) is 1.83. The van der Waals surface area contributed by atoms with Crippen LogP contribution in [0.3, 0.4) is 0 Å². The van der Waals surface area contributed by atoms with Crippen molar-refractivity contribution in [1.82, 2.24) is 25.1 Å². The third-order valence-corrected chi connectivity index (χ3v) is 4.77. The van der Waals surface area contributed by atoms with Crippen LogP contribution < -0.4 is 10.6 Å². The Bertz CT molecular complexity index is 680. The van der Waals surface area contributed by atoms with Gasteiger partial charge in [-0.3, -0.25) is 4.99 Å². The van der Waals surface area contributed by atoms with Gasteiger partial charge in [0.05, 0.1) is 6.33 Å². The minimum atomic E-state index is 0. The molecule has 2 N–H and O–H groups in total. The highest BCUT2D eigenvalue weighted by atomic mass is 127. The number of guanidine groups is 1. The van der Waals surface area contributed by atoms with Gasteiger partial charge in [0.1, 0.15) is 0 Å². The summed E-state index contributed by atoms with van der Waals surface area (Å²) >= 11 is 0. The first-order valence-electron chi connectivity index (χ1n) is 9.54. The van der Waals surface area contributed by atoms with Crippen molar-refractivity contribution >= 4 is 29.9 Å². The predicted octanol–water partition coefficient (Wildman–Crippen LogP) is 2.70. The highest BCUT2D eigenvalue weighted by molar-refractivity contribution is 14.0. The Morgan fingerprint density at radius 3 is 2.70 bits per heavy atom. The molecule has 0 aliphatic carbocycles. The van der Waals surface area contributed by atoms with E-state index in [1.54, 1.807) is 0 Å². The number of nitrogens with one attached hydrogen (secondary N) is 2. The average molecular weight is 482 g/mol. The summed E-state index contributed by atoms with van der Waals surface area (Å²) in [6, 6.07) is 8.63. The average Bonchev–Trinajstić information content (AvgIpc) is 3.18. The molecule has 2 aromatic rings. The molecule has 6 nitrogen and oxygen atoms in total. The van der Waals surface area contributed by atoms with Crippen LogP contribution in [0.25, 0.3) is 0 Å². The molecule has 2 heterocycles. The maximum atomic E-state index is 4.33. The zero-order chi connectivity index (χ0) is 18.0. The number of nitrogens with zero attached hydrogens (tertiary/aromatic N) is 4. The van der Waals surface area contributed by atoms with Crippen LogP contribution in [0, 0.1) is 0 Å². The molecule has 27 heavy (non-hydrogen) atoms. The minimum Gasteiger partial charge on any atom is -0.355 e. The van der Waals surface area contributed by atoms with E-state index >= 15 is 0 Å². The summed E-state index contributed by atoms with van der Waals surface area (Å²) in [5, 5.41) is 6.83. The number of imidazole rings is 1. The lowest BCUT2D eigenvalue weighted by Gasteiger charge is -2.26. The number of likely N-dealkylation sites (tertiary alicyclic amines) is 1. The van der Waals surface area contributed by atoms with E-state index in [4.69, 9.17) is 0 Å². The largest absolute Gasteiger partial charge is 0.355 e. The van der Waals surface area contributed by atoms with Gasteiger partial charge in [0, 0.05) is 45.6 Å². The Morgan fingerprint density at radius 1 is 1.15 bits per heavy atom. The molecule has 1 aliphatic heterocycles. The zero-order valence-electron chi connectivity index (χ0n) is 16.1. The van der Waals surface area contributed by atoms with E-state index in [0.717, 1.165) is 32.1 Å². The highest BCUT2D eigenvalue weighted by Gasteiger charge is 2.09. The van der Waals surface area contributed by atoms with E-state index in [-0.39, 0.29) is 24.0 Å². The Hall–Kier alpha value is -1.61. The van der Waals surface area contributed by atoms with Crippen LogP contribution in [0.5, 0.6) is 0 Å². The maximum Gasteiger partial charge on any atom is 0.191 e. The van der Waals surface area contributed by atoms with Gasteiger partial charge in [-0.15, -0.1) is 24.0 Å². The van der Waals surface area contributed by atoms with E-state index in [1.165, 1.54) is 43.5 Å². The van der Waals surface area contributed by atoms with Gasteiger partial charge in [0.2, 0.25) is 0 Å². The van der Waals surface area contributed by atoms with Crippen LogP contribution in [0.1, 0.15) is 30.4 Å². The van der Waals surface area contributed by atoms with E-state index in [2.05, 4.69) is 54.3 Å². The van der Waals surface area contributed by atoms with Crippen LogP contribution in [0.4, 0.5) is 0 Å². The van der Waals surface area contributed by atoms with Crippen molar-refractivity contribution in [3.8, 4) is 0 Å². The van der Waals surface area contributed by atoms with Gasteiger partial charge in [0.15, 0.2) is 5.96 Å². The highest BCUT2D eigenvalue weighted by Crippen LogP contribution is 2.08. The molecule has 3 rings (SSSR count). The topological polar surface area (TPSA) is 57.5 Å². The quantitative estimate of drug-likeness (QED) is 0.362. The van der Waals surface area contributed by atoms with Crippen molar-refractivity contribution in [2.24, 2.45) is 4.99 Å². The molecular weight excluding hydrogens is 451 g/mol. The van der Waals surface area contributed by atoms with Crippen molar-refractivity contribution in [2.45, 2.75) is 32.4 Å². The standard InChI is InChI=1S/C20H30N6.HI/c1-21-20(23-9-13-25-10-3-2-4-11-25)24-15-18-6-5-7-19(14-18)16-26-12-8-22-17-26;/h5-8,12,14,17H,2-4,9-11,13,15-16H2,1H3,(H2,21,23,24);1H. The smallest absolute Gasteiger partial charge is 0.191 e. The Morgan fingerprint density at radius 2 is 1.96 bits per heavy atom. The summed E-state index contributed by atoms with van der Waals surface area (Å²) in [4.78, 5) is 11.0. The van der Waals surface area contributed by atoms with Crippen molar-refractivity contribution in [3.63, 3.8) is 0 Å². The number of hydrogen-bond acceptors (Lipinski definition) is 3. The van der Waals surface area contributed by atoms with E-state index in [9.17, 15) is 0 Å². The molecule has 1 aromatic carbocycles. The fraction of sp³-hybridized carbons (Fsp3) is 0.500. The first-order chi connectivity index (χ1) is 12.8. The molecule has 0 spiro atoms. The summed E-state index contributed by atoms with van der Waals surface area (Å²) in [6.07, 6.45) is 9.70. The SMILES string of the molecule is CN=C(NCCN1CCCCC1)NCc1cccc(Cn2ccnc2)c1.I. The molecule has 0 atom stereocenters. The molecule has 1 aliphatic rings. The van der Waals surface area contributed by atoms with Gasteiger partial charge in [-0.05, 0) is 37.1 Å². The normalized spacial score (nSPS) is 15.2. The van der Waals surface area contributed by atoms with Crippen molar-refractivity contribution in [3.05, 3.63) is 54.1 Å². The Kier molecular flexibility index (Phi) is 9.61. The molecule has 0 radical (unpaired) electrons. The molecule has 7 heteroatoms. The van der Waals surface area contributed by atoms with E-state index < -0.39 is 0 Å². The number of aliphatic imine (C=N–C) groups is 1. The summed E-state index contributed by atoms with van der Waals surface area (Å²) < 4.78 is 2.08. The van der Waals surface area contributed by atoms with Crippen LogP contribution in [0.15, 0.2) is 48.0 Å². The molecule has 0 unspecified atom stereocenters. The second-order valence-electron chi connectivity index (χ2n) is 6.81. The van der Waals surface area contributed by atoms with Crippen LogP contribution in [-0.4, -0.2) is 53.6 Å². The number of rotatable bonds is 7. The van der Waals surface area contributed by atoms with Crippen molar-refractivity contribution in [1.29, 1.82) is 0 Å². The monoisotopic (exact) mass is 482 g/mol. The van der Waals surface area contributed by atoms with E-state index in [0.29, 0.717) is 0 Å². The van der Waals surface area contributed by atoms with Gasteiger partial charge in [-0.1, -0.05) is 30.7 Å². The molecule has 0 amide bonds. The number of benzene rings is 1. The van der Waals surface area contributed by atoms with E-state index in [1.807, 2.05) is 25.8 Å². The molecule has 1 fully saturated rings. The predicted molar refractivity (Wildman–Crippen MR) is 122 cm³/mol. The lowest BCUT2D eigenvalue weighted by atomic mass is 10.1. The van der Waals surface area contributed by atoms with Crippen molar-refractivity contribution < 1.29 is 0 Å². The Labute approximate surface area is 179 Å². The van der Waals surface area contributed by atoms with Crippen LogP contribution >= 0.6 is 24.0 Å². The molecule has 148 valence electrons. The number of halogens is 1.